The number of carbonyl (C=O) groups is 2. The molecule has 11 heteroatoms. The molecule has 2 amide bonds. The largest absolute Gasteiger partial charge is 0.493 e. The van der Waals surface area contributed by atoms with Crippen LogP contribution in [0.5, 0.6) is 11.5 Å². The first-order chi connectivity index (χ1) is 19.4. The number of amides is 2. The first-order valence-corrected chi connectivity index (χ1v) is 13.1. The molecule has 1 aromatic heterocycles. The van der Waals surface area contributed by atoms with Crippen molar-refractivity contribution < 1.29 is 28.2 Å². The van der Waals surface area contributed by atoms with Crippen molar-refractivity contribution >= 4 is 17.6 Å². The molecule has 212 valence electrons. The number of ether oxygens (including phenoxy) is 3. The highest BCUT2D eigenvalue weighted by Crippen LogP contribution is 2.31. The fourth-order valence-corrected chi connectivity index (χ4v) is 4.56. The monoisotopic (exact) mass is 551 g/mol. The van der Waals surface area contributed by atoms with Crippen molar-refractivity contribution in [3.63, 3.8) is 0 Å². The molecule has 10 nitrogen and oxygen atoms in total. The molecule has 0 N–H and O–H groups in total. The van der Waals surface area contributed by atoms with Crippen LogP contribution in [-0.4, -0.2) is 99.0 Å². The molecule has 0 spiro atoms. The second-order valence-electron chi connectivity index (χ2n) is 9.30. The van der Waals surface area contributed by atoms with E-state index in [4.69, 9.17) is 14.2 Å². The normalized spacial score (nSPS) is 13.5. The number of aromatic nitrogens is 2. The van der Waals surface area contributed by atoms with Gasteiger partial charge in [-0.15, -0.1) is 10.2 Å². The maximum absolute atomic E-state index is 13.7. The molecule has 3 aromatic rings. The number of nitrogens with zero attached hydrogens (tertiary/aromatic N) is 5. The van der Waals surface area contributed by atoms with Crippen LogP contribution in [0, 0.1) is 5.82 Å². The third kappa shape index (κ3) is 7.03. The zero-order valence-electron chi connectivity index (χ0n) is 23.0. The molecule has 0 radical (unpaired) electrons. The Morgan fingerprint density at radius 3 is 2.45 bits per heavy atom. The minimum Gasteiger partial charge on any atom is -0.493 e. The van der Waals surface area contributed by atoms with Gasteiger partial charge in [-0.2, -0.15) is 0 Å². The number of methoxy groups -OCH3 is 3. The lowest BCUT2D eigenvalue weighted by atomic mass is 10.1. The minimum absolute atomic E-state index is 0.113. The molecule has 0 unspecified atom stereocenters. The van der Waals surface area contributed by atoms with Gasteiger partial charge >= 0.3 is 0 Å². The van der Waals surface area contributed by atoms with E-state index in [2.05, 4.69) is 15.1 Å². The summed E-state index contributed by atoms with van der Waals surface area (Å²) >= 11 is 0. The first kappa shape index (κ1) is 28.8. The standard InChI is InChI=1S/C29H34FN5O5/c1-38-17-16-35(29(37)22-6-4-7-23(30)18-22)20-28(36)34-13-5-12-33(14-15-34)27-11-9-24(31-32-27)21-8-10-25(39-2)26(19-21)40-3/h4,6-11,18-19H,5,12-17,20H2,1-3H3. The van der Waals surface area contributed by atoms with E-state index in [-0.39, 0.29) is 31.2 Å². The van der Waals surface area contributed by atoms with Crippen molar-refractivity contribution in [1.29, 1.82) is 0 Å². The molecule has 0 bridgehead atoms. The highest BCUT2D eigenvalue weighted by Gasteiger charge is 2.25. The van der Waals surface area contributed by atoms with Gasteiger partial charge in [0.15, 0.2) is 17.3 Å². The third-order valence-corrected chi connectivity index (χ3v) is 6.75. The van der Waals surface area contributed by atoms with Crippen molar-refractivity contribution in [3.8, 4) is 22.8 Å². The molecule has 4 rings (SSSR count). The minimum atomic E-state index is -0.503. The van der Waals surface area contributed by atoms with E-state index in [0.29, 0.717) is 43.4 Å². The quantitative estimate of drug-likeness (QED) is 0.379. The van der Waals surface area contributed by atoms with Crippen LogP contribution in [0.2, 0.25) is 0 Å². The summed E-state index contributed by atoms with van der Waals surface area (Å²) in [6.07, 6.45) is 0.737. The molecule has 0 atom stereocenters. The van der Waals surface area contributed by atoms with E-state index in [9.17, 15) is 14.0 Å². The molecule has 2 aromatic carbocycles. The molecule has 2 heterocycles. The van der Waals surface area contributed by atoms with Gasteiger partial charge in [0.25, 0.3) is 5.91 Å². The summed E-state index contributed by atoms with van der Waals surface area (Å²) in [6.45, 7) is 2.69. The fraction of sp³-hybridized carbons (Fsp3) is 0.379. The van der Waals surface area contributed by atoms with Gasteiger partial charge in [0.05, 0.1) is 26.5 Å². The van der Waals surface area contributed by atoms with Crippen LogP contribution in [0.4, 0.5) is 10.2 Å². The summed E-state index contributed by atoms with van der Waals surface area (Å²) in [7, 11) is 4.70. The molecule has 1 aliphatic rings. The van der Waals surface area contributed by atoms with Gasteiger partial charge in [-0.3, -0.25) is 9.59 Å². The van der Waals surface area contributed by atoms with Gasteiger partial charge < -0.3 is 28.9 Å². The lowest BCUT2D eigenvalue weighted by Crippen LogP contribution is -2.45. The second kappa shape index (κ2) is 13.7. The van der Waals surface area contributed by atoms with Gasteiger partial charge in [-0.1, -0.05) is 6.07 Å². The van der Waals surface area contributed by atoms with Gasteiger partial charge in [-0.05, 0) is 55.0 Å². The maximum atomic E-state index is 13.7. The van der Waals surface area contributed by atoms with Crippen molar-refractivity contribution in [1.82, 2.24) is 20.0 Å². The van der Waals surface area contributed by atoms with Crippen LogP contribution in [0.1, 0.15) is 16.8 Å². The van der Waals surface area contributed by atoms with Crippen molar-refractivity contribution in [2.45, 2.75) is 6.42 Å². The first-order valence-electron chi connectivity index (χ1n) is 13.1. The second-order valence-corrected chi connectivity index (χ2v) is 9.30. The number of hydrogen-bond acceptors (Lipinski definition) is 8. The molecular weight excluding hydrogens is 517 g/mol. The Kier molecular flexibility index (Phi) is 9.85. The highest BCUT2D eigenvalue weighted by atomic mass is 19.1. The van der Waals surface area contributed by atoms with E-state index in [1.807, 2.05) is 30.3 Å². The highest BCUT2D eigenvalue weighted by molar-refractivity contribution is 5.96. The van der Waals surface area contributed by atoms with Crippen LogP contribution < -0.4 is 14.4 Å². The fourth-order valence-electron chi connectivity index (χ4n) is 4.56. The summed E-state index contributed by atoms with van der Waals surface area (Å²) < 4.78 is 29.5. The maximum Gasteiger partial charge on any atom is 0.254 e. The Bertz CT molecular complexity index is 1310. The summed E-state index contributed by atoms with van der Waals surface area (Å²) in [6, 6.07) is 14.9. The van der Waals surface area contributed by atoms with Crippen LogP contribution in [0.25, 0.3) is 11.3 Å². The Labute approximate surface area is 233 Å². The molecule has 1 fully saturated rings. The Balaban J connectivity index is 1.39. The van der Waals surface area contributed by atoms with E-state index in [1.54, 1.807) is 19.1 Å². The third-order valence-electron chi connectivity index (χ3n) is 6.75. The average molecular weight is 552 g/mol. The van der Waals surface area contributed by atoms with Gasteiger partial charge in [0.1, 0.15) is 12.4 Å². The van der Waals surface area contributed by atoms with Gasteiger partial charge in [0, 0.05) is 51.0 Å². The van der Waals surface area contributed by atoms with Gasteiger partial charge in [0.2, 0.25) is 5.91 Å². The number of carbonyl (C=O) groups excluding carboxylic acids is 2. The zero-order chi connectivity index (χ0) is 28.5. The molecular formula is C29H34FN5O5. The summed E-state index contributed by atoms with van der Waals surface area (Å²) in [5.74, 6) is 0.892. The molecule has 40 heavy (non-hydrogen) atoms. The lowest BCUT2D eigenvalue weighted by Gasteiger charge is -2.27. The molecule has 0 saturated carbocycles. The van der Waals surface area contributed by atoms with Crippen LogP contribution in [0.15, 0.2) is 54.6 Å². The van der Waals surface area contributed by atoms with E-state index < -0.39 is 11.7 Å². The smallest absolute Gasteiger partial charge is 0.254 e. The van der Waals surface area contributed by atoms with Crippen LogP contribution in [-0.2, 0) is 9.53 Å². The van der Waals surface area contributed by atoms with Crippen molar-refractivity contribution in [3.05, 3.63) is 66.0 Å². The molecule has 1 saturated heterocycles. The van der Waals surface area contributed by atoms with E-state index in [1.165, 1.54) is 36.3 Å². The Morgan fingerprint density at radius 2 is 1.75 bits per heavy atom. The van der Waals surface area contributed by atoms with E-state index in [0.717, 1.165) is 17.8 Å². The topological polar surface area (TPSA) is 97.3 Å². The van der Waals surface area contributed by atoms with Crippen LogP contribution in [0.3, 0.4) is 0 Å². The number of benzene rings is 2. The predicted octanol–water partition coefficient (Wildman–Crippen LogP) is 3.13. The molecule has 1 aliphatic heterocycles. The molecule has 0 aliphatic carbocycles. The van der Waals surface area contributed by atoms with Crippen LogP contribution >= 0.6 is 0 Å². The van der Waals surface area contributed by atoms with Crippen molar-refractivity contribution in [2.24, 2.45) is 0 Å². The predicted molar refractivity (Wildman–Crippen MR) is 148 cm³/mol. The SMILES string of the molecule is COCCN(CC(=O)N1CCCN(c2ccc(-c3ccc(OC)c(OC)c3)nn2)CC1)C(=O)c1cccc(F)c1. The summed E-state index contributed by atoms with van der Waals surface area (Å²) in [4.78, 5) is 31.5. The summed E-state index contributed by atoms with van der Waals surface area (Å²) in [5.41, 5.74) is 1.76. The lowest BCUT2D eigenvalue weighted by molar-refractivity contribution is -0.131. The number of hydrogen-bond donors (Lipinski definition) is 0. The Morgan fingerprint density at radius 1 is 0.925 bits per heavy atom. The number of halogens is 1. The van der Waals surface area contributed by atoms with E-state index >= 15 is 0 Å². The average Bonchev–Trinajstić information content (AvgIpc) is 3.25. The number of anilines is 1. The van der Waals surface area contributed by atoms with Gasteiger partial charge in [-0.25, -0.2) is 4.39 Å². The Hall–Kier alpha value is -4.25. The number of rotatable bonds is 10. The van der Waals surface area contributed by atoms with Crippen molar-refractivity contribution in [2.75, 3.05) is 72.1 Å². The summed E-state index contributed by atoms with van der Waals surface area (Å²) in [5, 5.41) is 8.85. The zero-order valence-corrected chi connectivity index (χ0v) is 23.0.